The highest BCUT2D eigenvalue weighted by molar-refractivity contribution is 6.35. The first-order valence-corrected chi connectivity index (χ1v) is 7.17. The van der Waals surface area contributed by atoms with Crippen molar-refractivity contribution in [2.75, 3.05) is 5.32 Å². The molecule has 0 aromatic heterocycles. The van der Waals surface area contributed by atoms with Gasteiger partial charge in [0.15, 0.2) is 0 Å². The molecule has 0 fully saturated rings. The molecule has 4 heteroatoms. The fourth-order valence-corrected chi connectivity index (χ4v) is 2.90. The van der Waals surface area contributed by atoms with Crippen molar-refractivity contribution in [2.24, 2.45) is 0 Å². The molecule has 2 aromatic carbocycles. The zero-order valence-electron chi connectivity index (χ0n) is 11.9. The Morgan fingerprint density at radius 2 is 1.81 bits per heavy atom. The molecule has 0 bridgehead atoms. The SMILES string of the molecule is CC1(C)C(=O)Nc2c(Cl)cc(C(O)c3ccccc3)cc21. The first-order valence-electron chi connectivity index (χ1n) is 6.79. The molecule has 0 saturated carbocycles. The molecule has 1 atom stereocenters. The Labute approximate surface area is 128 Å². The summed E-state index contributed by atoms with van der Waals surface area (Å²) in [5, 5.41) is 13.8. The predicted molar refractivity (Wildman–Crippen MR) is 83.6 cm³/mol. The molecule has 3 rings (SSSR count). The molecule has 1 amide bonds. The third-order valence-corrected chi connectivity index (χ3v) is 4.32. The number of carbonyl (C=O) groups excluding carboxylic acids is 1. The minimum Gasteiger partial charge on any atom is -0.384 e. The number of benzene rings is 2. The summed E-state index contributed by atoms with van der Waals surface area (Å²) in [6.45, 7) is 3.70. The summed E-state index contributed by atoms with van der Waals surface area (Å²) in [7, 11) is 0. The lowest BCUT2D eigenvalue weighted by atomic mass is 9.84. The number of nitrogens with one attached hydrogen (secondary N) is 1. The standard InChI is InChI=1S/C17H16ClNO2/c1-17(2)12-8-11(9-13(18)14(12)19-16(17)21)15(20)10-6-4-3-5-7-10/h3-9,15,20H,1-2H3,(H,19,21). The Hall–Kier alpha value is -1.84. The summed E-state index contributed by atoms with van der Waals surface area (Å²) < 4.78 is 0. The molecule has 1 unspecified atom stereocenters. The van der Waals surface area contributed by atoms with Gasteiger partial charge in [-0.2, -0.15) is 0 Å². The van der Waals surface area contributed by atoms with Crippen molar-refractivity contribution in [3.05, 3.63) is 64.2 Å². The molecule has 0 radical (unpaired) electrons. The van der Waals surface area contributed by atoms with Crippen LogP contribution in [0.1, 0.15) is 36.6 Å². The maximum absolute atomic E-state index is 12.0. The second-order valence-corrected chi connectivity index (χ2v) is 6.22. The van der Waals surface area contributed by atoms with Crippen molar-refractivity contribution in [2.45, 2.75) is 25.4 Å². The van der Waals surface area contributed by atoms with Crippen LogP contribution in [0.2, 0.25) is 5.02 Å². The van der Waals surface area contributed by atoms with Crippen molar-refractivity contribution in [3.8, 4) is 0 Å². The van der Waals surface area contributed by atoms with E-state index in [0.717, 1.165) is 11.1 Å². The average Bonchev–Trinajstić information content (AvgIpc) is 2.71. The van der Waals surface area contributed by atoms with E-state index in [0.29, 0.717) is 16.3 Å². The van der Waals surface area contributed by atoms with Crippen LogP contribution in [-0.4, -0.2) is 11.0 Å². The molecule has 21 heavy (non-hydrogen) atoms. The molecular formula is C17H16ClNO2. The number of carbonyl (C=O) groups is 1. The Kier molecular flexibility index (Phi) is 3.27. The van der Waals surface area contributed by atoms with Crippen molar-refractivity contribution in [3.63, 3.8) is 0 Å². The Balaban J connectivity index is 2.10. The highest BCUT2D eigenvalue weighted by Gasteiger charge is 2.40. The van der Waals surface area contributed by atoms with Gasteiger partial charge < -0.3 is 10.4 Å². The van der Waals surface area contributed by atoms with E-state index in [2.05, 4.69) is 5.32 Å². The van der Waals surface area contributed by atoms with Crippen LogP contribution in [0.5, 0.6) is 0 Å². The van der Waals surface area contributed by atoms with Gasteiger partial charge in [0.1, 0.15) is 6.10 Å². The number of hydrogen-bond acceptors (Lipinski definition) is 2. The monoisotopic (exact) mass is 301 g/mol. The number of rotatable bonds is 2. The molecule has 2 N–H and O–H groups in total. The molecule has 1 heterocycles. The summed E-state index contributed by atoms with van der Waals surface area (Å²) in [6, 6.07) is 12.9. The molecule has 0 aliphatic carbocycles. The Morgan fingerprint density at radius 1 is 1.14 bits per heavy atom. The summed E-state index contributed by atoms with van der Waals surface area (Å²) >= 11 is 6.27. The van der Waals surface area contributed by atoms with E-state index in [9.17, 15) is 9.90 Å². The van der Waals surface area contributed by atoms with Crippen LogP contribution in [-0.2, 0) is 10.2 Å². The van der Waals surface area contributed by atoms with E-state index in [1.807, 2.05) is 50.2 Å². The van der Waals surface area contributed by atoms with Crippen LogP contribution in [0.4, 0.5) is 5.69 Å². The Morgan fingerprint density at radius 3 is 2.48 bits per heavy atom. The topological polar surface area (TPSA) is 49.3 Å². The van der Waals surface area contributed by atoms with Gasteiger partial charge in [0.2, 0.25) is 5.91 Å². The molecular weight excluding hydrogens is 286 g/mol. The van der Waals surface area contributed by atoms with Gasteiger partial charge in [0.05, 0.1) is 16.1 Å². The van der Waals surface area contributed by atoms with Gasteiger partial charge in [0, 0.05) is 0 Å². The van der Waals surface area contributed by atoms with Crippen LogP contribution in [0, 0.1) is 0 Å². The second kappa shape index (κ2) is 4.86. The summed E-state index contributed by atoms with van der Waals surface area (Å²) in [5.41, 5.74) is 2.31. The number of aliphatic hydroxyl groups excluding tert-OH is 1. The van der Waals surface area contributed by atoms with Gasteiger partial charge in [-0.15, -0.1) is 0 Å². The van der Waals surface area contributed by atoms with E-state index in [-0.39, 0.29) is 5.91 Å². The number of fused-ring (bicyclic) bond motifs is 1. The smallest absolute Gasteiger partial charge is 0.234 e. The molecule has 0 saturated heterocycles. The molecule has 1 aliphatic heterocycles. The Bertz CT molecular complexity index is 710. The van der Waals surface area contributed by atoms with Gasteiger partial charge in [-0.05, 0) is 42.7 Å². The van der Waals surface area contributed by atoms with Crippen LogP contribution in [0.3, 0.4) is 0 Å². The minimum absolute atomic E-state index is 0.0780. The average molecular weight is 302 g/mol. The fourth-order valence-electron chi connectivity index (χ4n) is 2.63. The van der Waals surface area contributed by atoms with Crippen molar-refractivity contribution in [1.29, 1.82) is 0 Å². The van der Waals surface area contributed by atoms with E-state index in [4.69, 9.17) is 11.6 Å². The largest absolute Gasteiger partial charge is 0.384 e. The number of anilines is 1. The summed E-state index contributed by atoms with van der Waals surface area (Å²) in [6.07, 6.45) is -0.763. The lowest BCUT2D eigenvalue weighted by Gasteiger charge is -2.18. The highest BCUT2D eigenvalue weighted by atomic mass is 35.5. The van der Waals surface area contributed by atoms with Crippen LogP contribution >= 0.6 is 11.6 Å². The summed E-state index contributed by atoms with van der Waals surface area (Å²) in [4.78, 5) is 12.0. The van der Waals surface area contributed by atoms with Crippen LogP contribution in [0.25, 0.3) is 0 Å². The molecule has 108 valence electrons. The number of hydrogen-bond donors (Lipinski definition) is 2. The molecule has 1 aliphatic rings. The predicted octanol–water partition coefficient (Wildman–Crippen LogP) is 3.65. The van der Waals surface area contributed by atoms with Gasteiger partial charge in [-0.3, -0.25) is 4.79 Å². The number of halogens is 1. The number of amides is 1. The van der Waals surface area contributed by atoms with Crippen molar-refractivity contribution >= 4 is 23.2 Å². The van der Waals surface area contributed by atoms with E-state index < -0.39 is 11.5 Å². The zero-order chi connectivity index (χ0) is 15.2. The minimum atomic E-state index is -0.763. The maximum atomic E-state index is 12.0. The normalized spacial score (nSPS) is 17.2. The van der Waals surface area contributed by atoms with Gasteiger partial charge in [-0.1, -0.05) is 41.9 Å². The fraction of sp³-hybridized carbons (Fsp3) is 0.235. The van der Waals surface area contributed by atoms with Gasteiger partial charge in [-0.25, -0.2) is 0 Å². The van der Waals surface area contributed by atoms with Gasteiger partial charge in [0.25, 0.3) is 0 Å². The molecule has 3 nitrogen and oxygen atoms in total. The second-order valence-electron chi connectivity index (χ2n) is 5.82. The van der Waals surface area contributed by atoms with E-state index in [1.165, 1.54) is 0 Å². The third-order valence-electron chi connectivity index (χ3n) is 4.02. The quantitative estimate of drug-likeness (QED) is 0.889. The van der Waals surface area contributed by atoms with Crippen LogP contribution < -0.4 is 5.32 Å². The summed E-state index contributed by atoms with van der Waals surface area (Å²) in [5.74, 6) is -0.0780. The first-order chi connectivity index (χ1) is 9.91. The lowest BCUT2D eigenvalue weighted by molar-refractivity contribution is -0.119. The highest BCUT2D eigenvalue weighted by Crippen LogP contribution is 2.43. The van der Waals surface area contributed by atoms with E-state index >= 15 is 0 Å². The maximum Gasteiger partial charge on any atom is 0.234 e. The van der Waals surface area contributed by atoms with Gasteiger partial charge >= 0.3 is 0 Å². The molecule has 2 aromatic rings. The van der Waals surface area contributed by atoms with Crippen molar-refractivity contribution < 1.29 is 9.90 Å². The van der Waals surface area contributed by atoms with Crippen molar-refractivity contribution in [1.82, 2.24) is 0 Å². The first kappa shape index (κ1) is 14.1. The number of aliphatic hydroxyl groups is 1. The molecule has 0 spiro atoms. The lowest BCUT2D eigenvalue weighted by Crippen LogP contribution is -2.26. The van der Waals surface area contributed by atoms with E-state index in [1.54, 1.807) is 6.07 Å². The zero-order valence-corrected chi connectivity index (χ0v) is 12.6. The third kappa shape index (κ3) is 2.23. The van der Waals surface area contributed by atoms with Crippen LogP contribution in [0.15, 0.2) is 42.5 Å².